The molecule has 0 saturated carbocycles. The molecule has 1 rings (SSSR count). The fourth-order valence-electron chi connectivity index (χ4n) is 1.88. The highest BCUT2D eigenvalue weighted by Crippen LogP contribution is 2.25. The average Bonchev–Trinajstić information content (AvgIpc) is 2.21. The first-order chi connectivity index (χ1) is 8.04. The van der Waals surface area contributed by atoms with E-state index in [0.29, 0.717) is 5.75 Å². The van der Waals surface area contributed by atoms with E-state index in [1.165, 1.54) is 12.5 Å². The minimum Gasteiger partial charge on any atom is -0.426 e. The molecule has 0 N–H and O–H groups in total. The molecule has 0 radical (unpaired) electrons. The molecule has 94 valence electrons. The van der Waals surface area contributed by atoms with Crippen molar-refractivity contribution in [2.75, 3.05) is 14.1 Å². The van der Waals surface area contributed by atoms with E-state index >= 15 is 0 Å². The Balaban J connectivity index is 3.06. The number of rotatable bonds is 5. The van der Waals surface area contributed by atoms with Gasteiger partial charge in [-0.1, -0.05) is 25.5 Å². The molecule has 0 aliphatic carbocycles. The van der Waals surface area contributed by atoms with Crippen LogP contribution in [0.3, 0.4) is 0 Å². The minimum absolute atomic E-state index is 0.260. The lowest BCUT2D eigenvalue weighted by molar-refractivity contribution is -0.131. The molecule has 0 unspecified atom stereocenters. The molecule has 0 fully saturated rings. The highest BCUT2D eigenvalue weighted by Gasteiger charge is 2.10. The Morgan fingerprint density at radius 2 is 2.06 bits per heavy atom. The Bertz CT molecular complexity index is 386. The first-order valence-corrected chi connectivity index (χ1v) is 5.98. The zero-order valence-electron chi connectivity index (χ0n) is 11.1. The van der Waals surface area contributed by atoms with Crippen molar-refractivity contribution in [2.45, 2.75) is 33.2 Å². The molecule has 0 atom stereocenters. The van der Waals surface area contributed by atoms with Crippen molar-refractivity contribution in [2.24, 2.45) is 0 Å². The first-order valence-electron chi connectivity index (χ1n) is 5.98. The molecule has 0 aliphatic heterocycles. The van der Waals surface area contributed by atoms with Gasteiger partial charge in [-0.05, 0) is 37.7 Å². The van der Waals surface area contributed by atoms with Crippen molar-refractivity contribution < 1.29 is 9.53 Å². The Morgan fingerprint density at radius 1 is 1.35 bits per heavy atom. The average molecular weight is 235 g/mol. The van der Waals surface area contributed by atoms with Gasteiger partial charge in [-0.15, -0.1) is 0 Å². The van der Waals surface area contributed by atoms with Gasteiger partial charge in [0, 0.05) is 13.5 Å². The maximum atomic E-state index is 11.1. The van der Waals surface area contributed by atoms with Crippen LogP contribution >= 0.6 is 0 Å². The highest BCUT2D eigenvalue weighted by atomic mass is 16.5. The van der Waals surface area contributed by atoms with Gasteiger partial charge in [0.15, 0.2) is 0 Å². The second-order valence-electron chi connectivity index (χ2n) is 4.48. The maximum Gasteiger partial charge on any atom is 0.308 e. The van der Waals surface area contributed by atoms with Crippen molar-refractivity contribution in [3.63, 3.8) is 0 Å². The molecule has 3 heteroatoms. The zero-order chi connectivity index (χ0) is 12.8. The molecule has 17 heavy (non-hydrogen) atoms. The largest absolute Gasteiger partial charge is 0.426 e. The lowest BCUT2D eigenvalue weighted by Gasteiger charge is -2.16. The Hall–Kier alpha value is -1.35. The van der Waals surface area contributed by atoms with Crippen molar-refractivity contribution in [1.82, 2.24) is 4.90 Å². The topological polar surface area (TPSA) is 29.5 Å². The first kappa shape index (κ1) is 13.7. The van der Waals surface area contributed by atoms with Crippen molar-refractivity contribution >= 4 is 5.97 Å². The lowest BCUT2D eigenvalue weighted by atomic mass is 10.0. The standard InChI is InChI=1S/C14H21NO2/c1-5-7-13-12(10-15(3)4)8-6-9-14(13)17-11(2)16/h6,8-9H,5,7,10H2,1-4H3. The summed E-state index contributed by atoms with van der Waals surface area (Å²) in [7, 11) is 4.07. The van der Waals surface area contributed by atoms with Crippen LogP contribution in [0.25, 0.3) is 0 Å². The molecule has 0 amide bonds. The molecule has 0 aromatic heterocycles. The minimum atomic E-state index is -0.260. The molecule has 1 aromatic rings. The molecular formula is C14H21NO2. The van der Waals surface area contributed by atoms with E-state index in [1.54, 1.807) is 0 Å². The van der Waals surface area contributed by atoms with Crippen molar-refractivity contribution in [1.29, 1.82) is 0 Å². The number of ether oxygens (including phenoxy) is 1. The second-order valence-corrected chi connectivity index (χ2v) is 4.48. The summed E-state index contributed by atoms with van der Waals surface area (Å²) in [5.41, 5.74) is 2.38. The van der Waals surface area contributed by atoms with Gasteiger partial charge in [0.2, 0.25) is 0 Å². The Morgan fingerprint density at radius 3 is 2.59 bits per heavy atom. The van der Waals surface area contributed by atoms with E-state index in [0.717, 1.165) is 24.9 Å². The van der Waals surface area contributed by atoms with Gasteiger partial charge in [-0.25, -0.2) is 0 Å². The van der Waals surface area contributed by atoms with E-state index in [1.807, 2.05) is 26.2 Å². The summed E-state index contributed by atoms with van der Waals surface area (Å²) >= 11 is 0. The third-order valence-electron chi connectivity index (χ3n) is 2.47. The van der Waals surface area contributed by atoms with Crippen LogP contribution in [0.15, 0.2) is 18.2 Å². The number of carbonyl (C=O) groups is 1. The highest BCUT2D eigenvalue weighted by molar-refractivity contribution is 5.70. The smallest absolute Gasteiger partial charge is 0.308 e. The van der Waals surface area contributed by atoms with Gasteiger partial charge in [0.1, 0.15) is 5.75 Å². The summed E-state index contributed by atoms with van der Waals surface area (Å²) in [6.07, 6.45) is 1.98. The van der Waals surface area contributed by atoms with Gasteiger partial charge in [0.25, 0.3) is 0 Å². The summed E-state index contributed by atoms with van der Waals surface area (Å²) in [5.74, 6) is 0.447. The predicted molar refractivity (Wildman–Crippen MR) is 69.1 cm³/mol. The number of esters is 1. The third-order valence-corrected chi connectivity index (χ3v) is 2.47. The van der Waals surface area contributed by atoms with Gasteiger partial charge in [-0.3, -0.25) is 4.79 Å². The van der Waals surface area contributed by atoms with Crippen LogP contribution in [0.1, 0.15) is 31.4 Å². The fourth-order valence-corrected chi connectivity index (χ4v) is 1.88. The van der Waals surface area contributed by atoms with E-state index in [-0.39, 0.29) is 5.97 Å². The Kier molecular flexibility index (Phi) is 5.16. The molecule has 0 spiro atoms. The van der Waals surface area contributed by atoms with Gasteiger partial charge >= 0.3 is 5.97 Å². The number of nitrogens with zero attached hydrogens (tertiary/aromatic N) is 1. The van der Waals surface area contributed by atoms with Crippen LogP contribution in [0.4, 0.5) is 0 Å². The maximum absolute atomic E-state index is 11.1. The summed E-state index contributed by atoms with van der Waals surface area (Å²) in [5, 5.41) is 0. The summed E-state index contributed by atoms with van der Waals surface area (Å²) in [6.45, 7) is 4.43. The molecule has 1 aromatic carbocycles. The van der Waals surface area contributed by atoms with E-state index in [9.17, 15) is 4.79 Å². The normalized spacial score (nSPS) is 10.6. The van der Waals surface area contributed by atoms with Gasteiger partial charge < -0.3 is 9.64 Å². The molecule has 0 heterocycles. The van der Waals surface area contributed by atoms with E-state index in [4.69, 9.17) is 4.74 Å². The zero-order valence-corrected chi connectivity index (χ0v) is 11.1. The second kappa shape index (κ2) is 6.40. The van der Waals surface area contributed by atoms with Gasteiger partial charge in [0.05, 0.1) is 0 Å². The van der Waals surface area contributed by atoms with Crippen molar-refractivity contribution in [3.05, 3.63) is 29.3 Å². The SMILES string of the molecule is CCCc1c(CN(C)C)cccc1OC(C)=O. The third kappa shape index (κ3) is 4.19. The number of carbonyl (C=O) groups excluding carboxylic acids is 1. The molecule has 3 nitrogen and oxygen atoms in total. The van der Waals surface area contributed by atoms with E-state index < -0.39 is 0 Å². The van der Waals surface area contributed by atoms with E-state index in [2.05, 4.69) is 17.9 Å². The fraction of sp³-hybridized carbons (Fsp3) is 0.500. The lowest BCUT2D eigenvalue weighted by Crippen LogP contribution is -2.13. The summed E-state index contributed by atoms with van der Waals surface area (Å²) < 4.78 is 5.26. The number of hydrogen-bond acceptors (Lipinski definition) is 3. The van der Waals surface area contributed by atoms with Crippen LogP contribution in [0.5, 0.6) is 5.75 Å². The van der Waals surface area contributed by atoms with Crippen LogP contribution in [0.2, 0.25) is 0 Å². The molecular weight excluding hydrogens is 214 g/mol. The monoisotopic (exact) mass is 235 g/mol. The molecule has 0 saturated heterocycles. The van der Waals surface area contributed by atoms with Gasteiger partial charge in [-0.2, -0.15) is 0 Å². The number of hydrogen-bond donors (Lipinski definition) is 0. The van der Waals surface area contributed by atoms with Crippen LogP contribution in [0, 0.1) is 0 Å². The van der Waals surface area contributed by atoms with Crippen molar-refractivity contribution in [3.8, 4) is 5.75 Å². The quantitative estimate of drug-likeness (QED) is 0.580. The summed E-state index contributed by atoms with van der Waals surface area (Å²) in [4.78, 5) is 13.2. The van der Waals surface area contributed by atoms with Crippen LogP contribution < -0.4 is 4.74 Å². The molecule has 0 bridgehead atoms. The summed E-state index contributed by atoms with van der Waals surface area (Å²) in [6, 6.07) is 5.90. The Labute approximate surface area is 103 Å². The van der Waals surface area contributed by atoms with Crippen LogP contribution in [-0.4, -0.2) is 25.0 Å². The van der Waals surface area contributed by atoms with Crippen LogP contribution in [-0.2, 0) is 17.8 Å². The number of benzene rings is 1. The predicted octanol–water partition coefficient (Wildman–Crippen LogP) is 2.63. The molecule has 0 aliphatic rings.